The molecule has 2 rings (SSSR count). The Morgan fingerprint density at radius 3 is 2.79 bits per heavy atom. The Morgan fingerprint density at radius 2 is 2.16 bits per heavy atom. The maximum absolute atomic E-state index is 12.7. The van der Waals surface area contributed by atoms with Crippen molar-refractivity contribution < 1.29 is 4.79 Å². The van der Waals surface area contributed by atoms with E-state index in [9.17, 15) is 4.79 Å². The molecule has 0 bridgehead atoms. The van der Waals surface area contributed by atoms with E-state index in [1.54, 1.807) is 29.3 Å². The number of nitrogens with zero attached hydrogens (tertiary/aromatic N) is 3. The van der Waals surface area contributed by atoms with Gasteiger partial charge in [-0.25, -0.2) is 0 Å². The molecule has 0 unspecified atom stereocenters. The number of aryl methyl sites for hydroxylation is 1. The van der Waals surface area contributed by atoms with Crippen molar-refractivity contribution in [3.63, 3.8) is 0 Å². The number of hydrogen-bond acceptors (Lipinski definition) is 3. The molecule has 0 aliphatic carbocycles. The zero-order valence-corrected chi connectivity index (χ0v) is 12.8. The summed E-state index contributed by atoms with van der Waals surface area (Å²) in [5, 5.41) is 4.25. The highest BCUT2D eigenvalue weighted by atomic mass is 79.9. The second-order valence-corrected chi connectivity index (χ2v) is 5.45. The highest BCUT2D eigenvalue weighted by molar-refractivity contribution is 9.10. The standard InChI is InChI=1S/C14H16BrN3O/c1-4-10-7-16-6-5-11(10)14(19)13-12(15)8-17-18(13)9(2)3/h5-9H,4H2,1-3H3. The van der Waals surface area contributed by atoms with E-state index in [1.807, 2.05) is 20.8 Å². The molecule has 5 heteroatoms. The molecule has 0 radical (unpaired) electrons. The van der Waals surface area contributed by atoms with E-state index in [0.717, 1.165) is 16.5 Å². The van der Waals surface area contributed by atoms with Crippen LogP contribution in [0, 0.1) is 0 Å². The number of carbonyl (C=O) groups excluding carboxylic acids is 1. The van der Waals surface area contributed by atoms with Gasteiger partial charge in [-0.1, -0.05) is 6.92 Å². The maximum atomic E-state index is 12.7. The molecule has 2 aromatic rings. The van der Waals surface area contributed by atoms with E-state index >= 15 is 0 Å². The molecular formula is C14H16BrN3O. The van der Waals surface area contributed by atoms with E-state index in [1.165, 1.54) is 0 Å². The summed E-state index contributed by atoms with van der Waals surface area (Å²) >= 11 is 3.41. The predicted octanol–water partition coefficient (Wildman–Crippen LogP) is 3.41. The van der Waals surface area contributed by atoms with Crippen LogP contribution < -0.4 is 0 Å². The zero-order chi connectivity index (χ0) is 14.0. The molecule has 2 heterocycles. The monoisotopic (exact) mass is 321 g/mol. The zero-order valence-electron chi connectivity index (χ0n) is 11.2. The third-order valence-corrected chi connectivity index (χ3v) is 3.56. The van der Waals surface area contributed by atoms with Crippen LogP contribution in [0.1, 0.15) is 48.4 Å². The molecule has 100 valence electrons. The van der Waals surface area contributed by atoms with Crippen molar-refractivity contribution in [1.29, 1.82) is 0 Å². The van der Waals surface area contributed by atoms with Gasteiger partial charge in [-0.3, -0.25) is 14.5 Å². The van der Waals surface area contributed by atoms with Gasteiger partial charge in [0.05, 0.1) is 10.7 Å². The Hall–Kier alpha value is -1.49. The summed E-state index contributed by atoms with van der Waals surface area (Å²) in [6.07, 6.45) is 5.84. The summed E-state index contributed by atoms with van der Waals surface area (Å²) in [6.45, 7) is 6.02. The Balaban J connectivity index is 2.53. The van der Waals surface area contributed by atoms with Gasteiger partial charge in [-0.2, -0.15) is 5.10 Å². The quantitative estimate of drug-likeness (QED) is 0.811. The third-order valence-electron chi connectivity index (χ3n) is 2.98. The first kappa shape index (κ1) is 13.9. The number of aromatic nitrogens is 3. The lowest BCUT2D eigenvalue weighted by Crippen LogP contribution is -2.15. The molecule has 0 N–H and O–H groups in total. The van der Waals surface area contributed by atoms with E-state index in [0.29, 0.717) is 11.3 Å². The van der Waals surface area contributed by atoms with Crippen LogP contribution >= 0.6 is 15.9 Å². The molecule has 0 saturated carbocycles. The molecule has 0 aliphatic heterocycles. The molecule has 0 fully saturated rings. The van der Waals surface area contributed by atoms with Crippen molar-refractivity contribution in [2.24, 2.45) is 0 Å². The van der Waals surface area contributed by atoms with Gasteiger partial charge >= 0.3 is 0 Å². The second-order valence-electron chi connectivity index (χ2n) is 4.59. The first-order valence-electron chi connectivity index (χ1n) is 6.26. The summed E-state index contributed by atoms with van der Waals surface area (Å²) < 4.78 is 2.47. The van der Waals surface area contributed by atoms with Gasteiger partial charge in [0, 0.05) is 24.0 Å². The number of hydrogen-bond donors (Lipinski definition) is 0. The van der Waals surface area contributed by atoms with Crippen molar-refractivity contribution in [2.45, 2.75) is 33.2 Å². The Bertz CT molecular complexity index is 604. The molecule has 0 amide bonds. The minimum atomic E-state index is -0.0164. The first-order valence-corrected chi connectivity index (χ1v) is 7.06. The fraction of sp³-hybridized carbons (Fsp3) is 0.357. The van der Waals surface area contributed by atoms with Crippen molar-refractivity contribution in [2.75, 3.05) is 0 Å². The molecule has 0 spiro atoms. The minimum Gasteiger partial charge on any atom is -0.287 e. The lowest BCUT2D eigenvalue weighted by atomic mass is 10.0. The minimum absolute atomic E-state index is 0.0164. The Labute approximate surface area is 121 Å². The number of rotatable bonds is 4. The normalized spacial score (nSPS) is 11.0. The predicted molar refractivity (Wildman–Crippen MR) is 77.4 cm³/mol. The number of pyridine rings is 1. The SMILES string of the molecule is CCc1cnccc1C(=O)c1c(Br)cnn1C(C)C. The summed E-state index contributed by atoms with van der Waals surface area (Å²) in [6, 6.07) is 1.91. The Kier molecular flexibility index (Phi) is 4.14. The fourth-order valence-electron chi connectivity index (χ4n) is 2.00. The smallest absolute Gasteiger partial charge is 0.212 e. The first-order chi connectivity index (χ1) is 9.06. The van der Waals surface area contributed by atoms with Crippen molar-refractivity contribution in [3.8, 4) is 0 Å². The van der Waals surface area contributed by atoms with Crippen LogP contribution in [-0.2, 0) is 6.42 Å². The highest BCUT2D eigenvalue weighted by Crippen LogP contribution is 2.24. The third kappa shape index (κ3) is 2.61. The van der Waals surface area contributed by atoms with Gasteiger partial charge in [0.2, 0.25) is 5.78 Å². The molecular weight excluding hydrogens is 306 g/mol. The summed E-state index contributed by atoms with van der Waals surface area (Å²) in [7, 11) is 0. The molecule has 0 atom stereocenters. The second kappa shape index (κ2) is 5.65. The average molecular weight is 322 g/mol. The van der Waals surface area contributed by atoms with Gasteiger partial charge in [-0.15, -0.1) is 0 Å². The van der Waals surface area contributed by atoms with E-state index in [4.69, 9.17) is 0 Å². The number of ketones is 1. The van der Waals surface area contributed by atoms with Crippen LogP contribution in [0.5, 0.6) is 0 Å². The van der Waals surface area contributed by atoms with Crippen LogP contribution in [0.25, 0.3) is 0 Å². The lowest BCUT2D eigenvalue weighted by molar-refractivity contribution is 0.102. The van der Waals surface area contributed by atoms with Gasteiger partial charge in [0.1, 0.15) is 5.69 Å². The molecule has 19 heavy (non-hydrogen) atoms. The highest BCUT2D eigenvalue weighted by Gasteiger charge is 2.22. The fourth-order valence-corrected chi connectivity index (χ4v) is 2.46. The van der Waals surface area contributed by atoms with Crippen LogP contribution in [0.4, 0.5) is 0 Å². The maximum Gasteiger partial charge on any atom is 0.212 e. The number of carbonyl (C=O) groups is 1. The van der Waals surface area contributed by atoms with Crippen LogP contribution in [-0.4, -0.2) is 20.5 Å². The van der Waals surface area contributed by atoms with Crippen molar-refractivity contribution >= 4 is 21.7 Å². The molecule has 2 aromatic heterocycles. The molecule has 0 saturated heterocycles. The van der Waals surface area contributed by atoms with Gasteiger partial charge in [0.25, 0.3) is 0 Å². The van der Waals surface area contributed by atoms with Crippen molar-refractivity contribution in [1.82, 2.24) is 14.8 Å². The van der Waals surface area contributed by atoms with Crippen LogP contribution in [0.2, 0.25) is 0 Å². The van der Waals surface area contributed by atoms with Gasteiger partial charge < -0.3 is 0 Å². The largest absolute Gasteiger partial charge is 0.287 e. The molecule has 0 aromatic carbocycles. The topological polar surface area (TPSA) is 47.8 Å². The van der Waals surface area contributed by atoms with Crippen LogP contribution in [0.15, 0.2) is 29.1 Å². The van der Waals surface area contributed by atoms with E-state index in [-0.39, 0.29) is 11.8 Å². The van der Waals surface area contributed by atoms with Gasteiger partial charge in [-0.05, 0) is 47.8 Å². The average Bonchev–Trinajstić information content (AvgIpc) is 2.80. The molecule has 4 nitrogen and oxygen atoms in total. The van der Waals surface area contributed by atoms with Crippen molar-refractivity contribution in [3.05, 3.63) is 46.0 Å². The summed E-state index contributed by atoms with van der Waals surface area (Å²) in [5.41, 5.74) is 2.24. The van der Waals surface area contributed by atoms with Gasteiger partial charge in [0.15, 0.2) is 0 Å². The molecule has 0 aliphatic rings. The lowest BCUT2D eigenvalue weighted by Gasteiger charge is -2.12. The van der Waals surface area contributed by atoms with E-state index < -0.39 is 0 Å². The summed E-state index contributed by atoms with van der Waals surface area (Å²) in [4.78, 5) is 16.8. The Morgan fingerprint density at radius 1 is 1.42 bits per heavy atom. The number of halogens is 1. The van der Waals surface area contributed by atoms with E-state index in [2.05, 4.69) is 26.0 Å². The summed E-state index contributed by atoms with van der Waals surface area (Å²) in [5.74, 6) is -0.0164. The van der Waals surface area contributed by atoms with Crippen LogP contribution in [0.3, 0.4) is 0 Å².